The van der Waals surface area contributed by atoms with Gasteiger partial charge in [0.15, 0.2) is 11.2 Å². The fraction of sp³-hybridized carbons (Fsp3) is 0.583. The number of hydrogen-bond donors (Lipinski definition) is 1. The van der Waals surface area contributed by atoms with Crippen molar-refractivity contribution in [2.75, 3.05) is 26.1 Å². The molecule has 7 heteroatoms. The number of methoxy groups -OCH3 is 1. The van der Waals surface area contributed by atoms with Crippen LogP contribution in [0.25, 0.3) is 11.2 Å². The van der Waals surface area contributed by atoms with E-state index in [2.05, 4.69) is 21.9 Å². The lowest BCUT2D eigenvalue weighted by molar-refractivity contribution is 0.176. The van der Waals surface area contributed by atoms with Gasteiger partial charge in [-0.1, -0.05) is 0 Å². The Morgan fingerprint density at radius 3 is 3.05 bits per heavy atom. The van der Waals surface area contributed by atoms with Crippen molar-refractivity contribution in [2.45, 2.75) is 19.4 Å². The number of nitrogens with two attached hydrogens (primary N) is 1. The van der Waals surface area contributed by atoms with E-state index in [0.717, 1.165) is 19.6 Å². The van der Waals surface area contributed by atoms with Crippen molar-refractivity contribution in [2.24, 2.45) is 5.92 Å². The predicted octanol–water partition coefficient (Wildman–Crippen LogP) is 1.01. The molecule has 0 amide bonds. The summed E-state index contributed by atoms with van der Waals surface area (Å²) in [7, 11) is 1.56. The number of ether oxygens (including phenoxy) is 2. The predicted molar refractivity (Wildman–Crippen MR) is 69.9 cm³/mol. The minimum atomic E-state index is 0.187. The highest BCUT2D eigenvalue weighted by molar-refractivity contribution is 5.79. The van der Waals surface area contributed by atoms with Gasteiger partial charge in [-0.15, -0.1) is 0 Å². The average Bonchev–Trinajstić information content (AvgIpc) is 3.04. The molecule has 0 bridgehead atoms. The summed E-state index contributed by atoms with van der Waals surface area (Å²) in [4.78, 5) is 12.7. The maximum atomic E-state index is 6.03. The van der Waals surface area contributed by atoms with Gasteiger partial charge in [0.1, 0.15) is 6.33 Å². The highest BCUT2D eigenvalue weighted by Crippen LogP contribution is 2.32. The van der Waals surface area contributed by atoms with Crippen LogP contribution >= 0.6 is 0 Å². The van der Waals surface area contributed by atoms with Gasteiger partial charge in [-0.25, -0.2) is 9.97 Å². The van der Waals surface area contributed by atoms with Gasteiger partial charge in [-0.2, -0.15) is 4.98 Å². The third-order valence-electron chi connectivity index (χ3n) is 3.72. The Kier molecular flexibility index (Phi) is 2.98. The lowest BCUT2D eigenvalue weighted by Gasteiger charge is -2.20. The zero-order valence-electron chi connectivity index (χ0n) is 11.0. The summed E-state index contributed by atoms with van der Waals surface area (Å²) in [6.07, 6.45) is 2.50. The molecule has 3 rings (SSSR count). The molecule has 1 saturated heterocycles. The Bertz CT molecular complexity index is 591. The summed E-state index contributed by atoms with van der Waals surface area (Å²) < 4.78 is 12.6. The van der Waals surface area contributed by atoms with Crippen LogP contribution in [0.4, 0.5) is 5.95 Å². The largest absolute Gasteiger partial charge is 0.479 e. The van der Waals surface area contributed by atoms with E-state index in [1.807, 2.05) is 4.57 Å². The van der Waals surface area contributed by atoms with Crippen LogP contribution in [0.15, 0.2) is 6.33 Å². The van der Waals surface area contributed by atoms with Gasteiger partial charge in [0.05, 0.1) is 13.7 Å². The molecule has 2 unspecified atom stereocenters. The summed E-state index contributed by atoms with van der Waals surface area (Å²) in [6, 6.07) is 0.187. The maximum Gasteiger partial charge on any atom is 0.245 e. The first-order chi connectivity index (χ1) is 9.22. The molecule has 0 saturated carbocycles. The van der Waals surface area contributed by atoms with Crippen LogP contribution in [0.3, 0.4) is 0 Å². The summed E-state index contributed by atoms with van der Waals surface area (Å²) in [5, 5.41) is 0. The molecule has 19 heavy (non-hydrogen) atoms. The standard InChI is InChI=1S/C12H17N5O2/c1-7(8-3-4-19-5-8)17-10-9(16-12(17)13)11(18-2)15-6-14-10/h6-8H,3-5H2,1-2H3,(H2,13,16). The van der Waals surface area contributed by atoms with Crippen molar-refractivity contribution in [3.8, 4) is 5.88 Å². The normalized spacial score (nSPS) is 20.8. The molecular formula is C12H17N5O2. The molecule has 1 fully saturated rings. The minimum absolute atomic E-state index is 0.187. The first-order valence-corrected chi connectivity index (χ1v) is 6.32. The Morgan fingerprint density at radius 1 is 1.53 bits per heavy atom. The summed E-state index contributed by atoms with van der Waals surface area (Å²) >= 11 is 0. The van der Waals surface area contributed by atoms with Crippen LogP contribution in [0.2, 0.25) is 0 Å². The second-order valence-corrected chi connectivity index (χ2v) is 4.76. The number of rotatable bonds is 3. The molecule has 1 aliphatic rings. The van der Waals surface area contributed by atoms with Gasteiger partial charge in [0, 0.05) is 18.6 Å². The van der Waals surface area contributed by atoms with Crippen LogP contribution in [0, 0.1) is 5.92 Å². The second kappa shape index (κ2) is 4.65. The van der Waals surface area contributed by atoms with E-state index in [4.69, 9.17) is 15.2 Å². The molecule has 2 N–H and O–H groups in total. The quantitative estimate of drug-likeness (QED) is 0.889. The first-order valence-electron chi connectivity index (χ1n) is 6.32. The maximum absolute atomic E-state index is 6.03. The minimum Gasteiger partial charge on any atom is -0.479 e. The van der Waals surface area contributed by atoms with E-state index in [1.165, 1.54) is 6.33 Å². The van der Waals surface area contributed by atoms with Crippen LogP contribution in [0.1, 0.15) is 19.4 Å². The lowest BCUT2D eigenvalue weighted by Crippen LogP contribution is -2.18. The first kappa shape index (κ1) is 12.2. The van der Waals surface area contributed by atoms with Crippen molar-refractivity contribution in [3.63, 3.8) is 0 Å². The topological polar surface area (TPSA) is 88.1 Å². The van der Waals surface area contributed by atoms with Crippen molar-refractivity contribution >= 4 is 17.1 Å². The van der Waals surface area contributed by atoms with Gasteiger partial charge >= 0.3 is 0 Å². The molecule has 1 aliphatic heterocycles. The Hall–Kier alpha value is -1.89. The van der Waals surface area contributed by atoms with E-state index in [-0.39, 0.29) is 6.04 Å². The number of aromatic nitrogens is 4. The smallest absolute Gasteiger partial charge is 0.245 e. The lowest BCUT2D eigenvalue weighted by atomic mass is 10.0. The molecule has 102 valence electrons. The van der Waals surface area contributed by atoms with Crippen molar-refractivity contribution in [1.29, 1.82) is 0 Å². The fourth-order valence-corrected chi connectivity index (χ4v) is 2.60. The third kappa shape index (κ3) is 1.90. The van der Waals surface area contributed by atoms with E-state index in [9.17, 15) is 0 Å². The van der Waals surface area contributed by atoms with Crippen LogP contribution < -0.4 is 10.5 Å². The van der Waals surface area contributed by atoms with Crippen molar-refractivity contribution in [1.82, 2.24) is 19.5 Å². The van der Waals surface area contributed by atoms with E-state index in [1.54, 1.807) is 7.11 Å². The van der Waals surface area contributed by atoms with Crippen molar-refractivity contribution < 1.29 is 9.47 Å². The number of nitrogen functional groups attached to an aromatic ring is 1. The molecule has 0 radical (unpaired) electrons. The van der Waals surface area contributed by atoms with Gasteiger partial charge in [0.25, 0.3) is 0 Å². The molecule has 0 aromatic carbocycles. The number of fused-ring (bicyclic) bond motifs is 1. The Morgan fingerprint density at radius 2 is 2.37 bits per heavy atom. The molecule has 2 aromatic heterocycles. The van der Waals surface area contributed by atoms with Gasteiger partial charge in [0.2, 0.25) is 11.8 Å². The number of hydrogen-bond acceptors (Lipinski definition) is 6. The van der Waals surface area contributed by atoms with Gasteiger partial charge in [-0.3, -0.25) is 4.57 Å². The third-order valence-corrected chi connectivity index (χ3v) is 3.72. The molecule has 0 aliphatic carbocycles. The summed E-state index contributed by atoms with van der Waals surface area (Å²) in [5.74, 6) is 1.32. The van der Waals surface area contributed by atoms with Crippen LogP contribution in [-0.4, -0.2) is 39.8 Å². The number of anilines is 1. The summed E-state index contributed by atoms with van der Waals surface area (Å²) in [5.41, 5.74) is 7.35. The molecule has 2 aromatic rings. The van der Waals surface area contributed by atoms with Crippen LogP contribution in [0.5, 0.6) is 5.88 Å². The molecule has 7 nitrogen and oxygen atoms in total. The van der Waals surface area contributed by atoms with E-state index >= 15 is 0 Å². The molecule has 3 heterocycles. The Labute approximate surface area is 110 Å². The summed E-state index contributed by atoms with van der Waals surface area (Å²) in [6.45, 7) is 3.67. The van der Waals surface area contributed by atoms with Crippen LogP contribution in [-0.2, 0) is 4.74 Å². The number of imidazole rings is 1. The zero-order valence-corrected chi connectivity index (χ0v) is 11.0. The van der Waals surface area contributed by atoms with Gasteiger partial charge < -0.3 is 15.2 Å². The molecule has 0 spiro atoms. The highest BCUT2D eigenvalue weighted by Gasteiger charge is 2.27. The number of nitrogens with zero attached hydrogens (tertiary/aromatic N) is 4. The highest BCUT2D eigenvalue weighted by atomic mass is 16.5. The zero-order chi connectivity index (χ0) is 13.4. The Balaban J connectivity index is 2.09. The SMILES string of the molecule is COc1ncnc2c1nc(N)n2C(C)C1CCOC1. The van der Waals surface area contributed by atoms with Crippen molar-refractivity contribution in [3.05, 3.63) is 6.33 Å². The van der Waals surface area contributed by atoms with E-state index < -0.39 is 0 Å². The van der Waals surface area contributed by atoms with Gasteiger partial charge in [-0.05, 0) is 13.3 Å². The molecule has 2 atom stereocenters. The molecular weight excluding hydrogens is 246 g/mol. The van der Waals surface area contributed by atoms with E-state index in [0.29, 0.717) is 28.9 Å². The second-order valence-electron chi connectivity index (χ2n) is 4.76. The fourth-order valence-electron chi connectivity index (χ4n) is 2.60. The average molecular weight is 263 g/mol. The monoisotopic (exact) mass is 263 g/mol.